The van der Waals surface area contributed by atoms with Gasteiger partial charge in [-0.2, -0.15) is 0 Å². The van der Waals surface area contributed by atoms with Crippen LogP contribution in [0.3, 0.4) is 0 Å². The van der Waals surface area contributed by atoms with Gasteiger partial charge in [0.15, 0.2) is 0 Å². The van der Waals surface area contributed by atoms with E-state index in [0.717, 1.165) is 33.1 Å². The Labute approximate surface area is 229 Å². The molecule has 1 aliphatic rings. The van der Waals surface area contributed by atoms with Crippen LogP contribution >= 0.6 is 34.7 Å². The van der Waals surface area contributed by atoms with Crippen LogP contribution in [0, 0.1) is 0 Å². The van der Waals surface area contributed by atoms with E-state index in [0.29, 0.717) is 34.4 Å². The molecule has 188 valence electrons. The summed E-state index contributed by atoms with van der Waals surface area (Å²) in [5, 5.41) is 13.3. The molecule has 1 unspecified atom stereocenters. The molecule has 0 aliphatic carbocycles. The number of hydrogen-bond acceptors (Lipinski definition) is 6. The molecular weight excluding hydrogens is 524 g/mol. The van der Waals surface area contributed by atoms with E-state index in [9.17, 15) is 9.59 Å². The summed E-state index contributed by atoms with van der Waals surface area (Å²) in [5.41, 5.74) is 3.68. The maximum Gasteiger partial charge on any atom is 0.258 e. The number of aromatic nitrogens is 2. The highest BCUT2D eigenvalue weighted by atomic mass is 35.5. The molecule has 0 saturated carbocycles. The SMILES string of the molecule is CCc1ccccc1N1CC(c2nnc(NC(=O)c3ccccc3SCc3ccccc3Cl)s2)CC1=O. The number of nitrogens with one attached hydrogen (secondary N) is 1. The van der Waals surface area contributed by atoms with Crippen molar-refractivity contribution in [1.82, 2.24) is 10.2 Å². The third-order valence-corrected chi connectivity index (χ3v) is 8.76. The van der Waals surface area contributed by atoms with E-state index in [1.165, 1.54) is 11.3 Å². The maximum atomic E-state index is 13.1. The summed E-state index contributed by atoms with van der Waals surface area (Å²) in [5.74, 6) is 0.432. The number of carbonyl (C=O) groups is 2. The predicted octanol–water partition coefficient (Wildman–Crippen LogP) is 6.82. The Morgan fingerprint density at radius 3 is 2.59 bits per heavy atom. The Morgan fingerprint density at radius 1 is 1.05 bits per heavy atom. The molecule has 1 atom stereocenters. The number of rotatable bonds is 8. The first-order valence-corrected chi connectivity index (χ1v) is 14.2. The Bertz CT molecular complexity index is 1440. The quantitative estimate of drug-likeness (QED) is 0.244. The molecule has 0 spiro atoms. The van der Waals surface area contributed by atoms with Crippen LogP contribution in [-0.2, 0) is 17.0 Å². The van der Waals surface area contributed by atoms with Crippen LogP contribution in [0.25, 0.3) is 0 Å². The number of thioether (sulfide) groups is 1. The van der Waals surface area contributed by atoms with Crippen molar-refractivity contribution in [3.05, 3.63) is 99.5 Å². The minimum atomic E-state index is -0.244. The zero-order valence-electron chi connectivity index (χ0n) is 20.2. The summed E-state index contributed by atoms with van der Waals surface area (Å²) >= 11 is 9.18. The van der Waals surface area contributed by atoms with Crippen LogP contribution < -0.4 is 10.2 Å². The summed E-state index contributed by atoms with van der Waals surface area (Å²) < 4.78 is 0. The first-order chi connectivity index (χ1) is 18.0. The molecule has 4 aromatic rings. The van der Waals surface area contributed by atoms with Crippen LogP contribution in [0.1, 0.15) is 45.8 Å². The van der Waals surface area contributed by atoms with Gasteiger partial charge in [-0.25, -0.2) is 0 Å². The third kappa shape index (κ3) is 5.71. The highest BCUT2D eigenvalue weighted by molar-refractivity contribution is 7.98. The van der Waals surface area contributed by atoms with Crippen LogP contribution in [0.15, 0.2) is 77.7 Å². The van der Waals surface area contributed by atoms with Gasteiger partial charge in [-0.3, -0.25) is 14.9 Å². The highest BCUT2D eigenvalue weighted by Crippen LogP contribution is 2.36. The standard InChI is InChI=1S/C28H25ClN4O2S2/c1-2-18-9-4-7-13-23(18)33-16-20(15-25(33)34)27-31-32-28(37-27)30-26(35)21-11-5-8-14-24(21)36-17-19-10-3-6-12-22(19)29/h3-14,20H,2,15-17H2,1H3,(H,30,32,35). The van der Waals surface area contributed by atoms with Gasteiger partial charge in [0.05, 0.1) is 5.56 Å². The molecule has 1 fully saturated rings. The van der Waals surface area contributed by atoms with Gasteiger partial charge in [0.25, 0.3) is 5.91 Å². The van der Waals surface area contributed by atoms with Crippen LogP contribution in [0.5, 0.6) is 0 Å². The molecule has 6 nitrogen and oxygen atoms in total. The van der Waals surface area contributed by atoms with Crippen molar-refractivity contribution in [3.8, 4) is 0 Å². The van der Waals surface area contributed by atoms with Crippen LogP contribution in [-0.4, -0.2) is 28.6 Å². The van der Waals surface area contributed by atoms with Crippen molar-refractivity contribution in [3.63, 3.8) is 0 Å². The second kappa shape index (κ2) is 11.5. The van der Waals surface area contributed by atoms with E-state index in [-0.39, 0.29) is 17.7 Å². The number of para-hydroxylation sites is 1. The maximum absolute atomic E-state index is 13.1. The molecular formula is C28H25ClN4O2S2. The average Bonchev–Trinajstić information content (AvgIpc) is 3.54. The second-order valence-electron chi connectivity index (χ2n) is 8.66. The van der Waals surface area contributed by atoms with E-state index < -0.39 is 0 Å². The van der Waals surface area contributed by atoms with Gasteiger partial charge in [0.1, 0.15) is 5.01 Å². The minimum Gasteiger partial charge on any atom is -0.311 e. The van der Waals surface area contributed by atoms with Gasteiger partial charge in [0, 0.05) is 40.2 Å². The number of amides is 2. The molecule has 1 aliphatic heterocycles. The lowest BCUT2D eigenvalue weighted by molar-refractivity contribution is -0.117. The number of hydrogen-bond donors (Lipinski definition) is 1. The first-order valence-electron chi connectivity index (χ1n) is 12.0. The molecule has 0 radical (unpaired) electrons. The van der Waals surface area contributed by atoms with E-state index in [1.807, 2.05) is 65.6 Å². The number of halogens is 1. The predicted molar refractivity (Wildman–Crippen MR) is 151 cm³/mol. The highest BCUT2D eigenvalue weighted by Gasteiger charge is 2.34. The van der Waals surface area contributed by atoms with Crippen molar-refractivity contribution in [2.24, 2.45) is 0 Å². The normalized spacial score (nSPS) is 15.2. The number of nitrogens with zero attached hydrogens (tertiary/aromatic N) is 3. The molecule has 1 N–H and O–H groups in total. The van der Waals surface area contributed by atoms with Crippen molar-refractivity contribution < 1.29 is 9.59 Å². The molecule has 0 bridgehead atoms. The van der Waals surface area contributed by atoms with Gasteiger partial charge in [-0.05, 0) is 41.8 Å². The molecule has 2 heterocycles. The van der Waals surface area contributed by atoms with E-state index in [2.05, 4.69) is 28.5 Å². The number of benzene rings is 3. The van der Waals surface area contributed by atoms with Crippen LogP contribution in [0.2, 0.25) is 5.02 Å². The topological polar surface area (TPSA) is 75.2 Å². The monoisotopic (exact) mass is 548 g/mol. The molecule has 1 saturated heterocycles. The van der Waals surface area contributed by atoms with E-state index >= 15 is 0 Å². The van der Waals surface area contributed by atoms with Crippen molar-refractivity contribution in [2.75, 3.05) is 16.8 Å². The summed E-state index contributed by atoms with van der Waals surface area (Å²) in [6, 6.07) is 23.2. The Hall–Kier alpha value is -3.20. The minimum absolute atomic E-state index is 0.0565. The van der Waals surface area contributed by atoms with Gasteiger partial charge >= 0.3 is 0 Å². The van der Waals surface area contributed by atoms with Gasteiger partial charge in [-0.1, -0.05) is 78.4 Å². The lowest BCUT2D eigenvalue weighted by atomic mass is 10.1. The van der Waals surface area contributed by atoms with Gasteiger partial charge in [0.2, 0.25) is 11.0 Å². The molecule has 9 heteroatoms. The number of aryl methyl sites for hydroxylation is 1. The van der Waals surface area contributed by atoms with E-state index in [1.54, 1.807) is 17.8 Å². The summed E-state index contributed by atoms with van der Waals surface area (Å²) in [6.07, 6.45) is 1.24. The van der Waals surface area contributed by atoms with Gasteiger partial charge in [-0.15, -0.1) is 22.0 Å². The summed E-state index contributed by atoms with van der Waals surface area (Å²) in [7, 11) is 0. The van der Waals surface area contributed by atoms with Crippen molar-refractivity contribution >= 4 is 57.3 Å². The zero-order chi connectivity index (χ0) is 25.8. The molecule has 1 aromatic heterocycles. The molecule has 5 rings (SSSR count). The van der Waals surface area contributed by atoms with Gasteiger partial charge < -0.3 is 4.90 Å². The van der Waals surface area contributed by atoms with Crippen LogP contribution in [0.4, 0.5) is 10.8 Å². The fourth-order valence-electron chi connectivity index (χ4n) is 4.34. The number of carbonyl (C=O) groups excluding carboxylic acids is 2. The fourth-order valence-corrected chi connectivity index (χ4v) is 6.51. The lowest BCUT2D eigenvalue weighted by Gasteiger charge is -2.19. The lowest BCUT2D eigenvalue weighted by Crippen LogP contribution is -2.25. The van der Waals surface area contributed by atoms with Crippen molar-refractivity contribution in [1.29, 1.82) is 0 Å². The third-order valence-electron chi connectivity index (χ3n) is 6.27. The molecule has 2 amide bonds. The number of anilines is 2. The van der Waals surface area contributed by atoms with E-state index in [4.69, 9.17) is 11.6 Å². The largest absolute Gasteiger partial charge is 0.311 e. The fraction of sp³-hybridized carbons (Fsp3) is 0.214. The zero-order valence-corrected chi connectivity index (χ0v) is 22.6. The summed E-state index contributed by atoms with van der Waals surface area (Å²) in [4.78, 5) is 28.7. The Kier molecular flexibility index (Phi) is 7.88. The second-order valence-corrected chi connectivity index (χ2v) is 11.1. The summed E-state index contributed by atoms with van der Waals surface area (Å²) in [6.45, 7) is 2.64. The Morgan fingerprint density at radius 2 is 1.78 bits per heavy atom. The average molecular weight is 549 g/mol. The first kappa shape index (κ1) is 25.4. The Balaban J connectivity index is 1.26. The molecule has 37 heavy (non-hydrogen) atoms. The molecule has 3 aromatic carbocycles. The smallest absolute Gasteiger partial charge is 0.258 e. The van der Waals surface area contributed by atoms with Crippen molar-refractivity contribution in [2.45, 2.75) is 36.3 Å².